The molecule has 1 rings (SSSR count). The van der Waals surface area contributed by atoms with Gasteiger partial charge >= 0.3 is 0 Å². The number of aromatic amines is 1. The number of carbonyl (C=O) groups is 1. The summed E-state index contributed by atoms with van der Waals surface area (Å²) in [6.07, 6.45) is 0.873. The molecule has 1 atom stereocenters. The standard InChI is InChI=1S/C12H22N4O/c1-7(2)6-10-14-12(16-15-10)11(8(3)4)13-9(5)17/h7-8,11H,6H2,1-5H3,(H,13,17)(H,14,15,16). The van der Waals surface area contributed by atoms with E-state index in [9.17, 15) is 4.79 Å². The molecule has 1 heterocycles. The lowest BCUT2D eigenvalue weighted by atomic mass is 10.0. The van der Waals surface area contributed by atoms with Gasteiger partial charge in [0.2, 0.25) is 5.91 Å². The first-order valence-corrected chi connectivity index (χ1v) is 6.08. The van der Waals surface area contributed by atoms with Crippen molar-refractivity contribution in [1.82, 2.24) is 20.5 Å². The molecule has 1 amide bonds. The van der Waals surface area contributed by atoms with Crippen LogP contribution in [0.2, 0.25) is 0 Å². The summed E-state index contributed by atoms with van der Waals surface area (Å²) in [5.41, 5.74) is 0. The Morgan fingerprint density at radius 1 is 1.35 bits per heavy atom. The van der Waals surface area contributed by atoms with Gasteiger partial charge in [0.05, 0.1) is 6.04 Å². The van der Waals surface area contributed by atoms with Gasteiger partial charge in [0.25, 0.3) is 0 Å². The van der Waals surface area contributed by atoms with Crippen molar-refractivity contribution >= 4 is 5.91 Å². The molecule has 0 fully saturated rings. The monoisotopic (exact) mass is 238 g/mol. The number of nitrogens with one attached hydrogen (secondary N) is 2. The van der Waals surface area contributed by atoms with Crippen molar-refractivity contribution in [3.05, 3.63) is 11.6 Å². The minimum Gasteiger partial charge on any atom is -0.346 e. The Labute approximate surface area is 102 Å². The Morgan fingerprint density at radius 2 is 2.00 bits per heavy atom. The second kappa shape index (κ2) is 5.80. The normalized spacial score (nSPS) is 13.1. The zero-order valence-corrected chi connectivity index (χ0v) is 11.2. The summed E-state index contributed by atoms with van der Waals surface area (Å²) in [7, 11) is 0. The van der Waals surface area contributed by atoms with Crippen molar-refractivity contribution < 1.29 is 4.79 Å². The van der Waals surface area contributed by atoms with Gasteiger partial charge in [0.1, 0.15) is 5.82 Å². The van der Waals surface area contributed by atoms with Crippen molar-refractivity contribution in [2.45, 2.75) is 47.1 Å². The van der Waals surface area contributed by atoms with Gasteiger partial charge in [0.15, 0.2) is 5.82 Å². The number of aromatic nitrogens is 3. The molecule has 0 spiro atoms. The number of carbonyl (C=O) groups excluding carboxylic acids is 1. The maximum Gasteiger partial charge on any atom is 0.217 e. The highest BCUT2D eigenvalue weighted by atomic mass is 16.1. The quantitative estimate of drug-likeness (QED) is 0.822. The van der Waals surface area contributed by atoms with Crippen LogP contribution in [0.5, 0.6) is 0 Å². The van der Waals surface area contributed by atoms with Gasteiger partial charge in [-0.1, -0.05) is 27.7 Å². The van der Waals surface area contributed by atoms with E-state index >= 15 is 0 Å². The summed E-state index contributed by atoms with van der Waals surface area (Å²) >= 11 is 0. The number of amides is 1. The van der Waals surface area contributed by atoms with E-state index in [4.69, 9.17) is 0 Å². The van der Waals surface area contributed by atoms with Crippen molar-refractivity contribution in [1.29, 1.82) is 0 Å². The van der Waals surface area contributed by atoms with Crippen LogP contribution in [0.3, 0.4) is 0 Å². The lowest BCUT2D eigenvalue weighted by Crippen LogP contribution is -2.30. The van der Waals surface area contributed by atoms with Gasteiger partial charge in [0, 0.05) is 13.3 Å². The fraction of sp³-hybridized carbons (Fsp3) is 0.750. The van der Waals surface area contributed by atoms with Gasteiger partial charge in [-0.3, -0.25) is 9.89 Å². The van der Waals surface area contributed by atoms with E-state index < -0.39 is 0 Å². The SMILES string of the molecule is CC(=O)NC(c1n[nH]c(CC(C)C)n1)C(C)C. The third kappa shape index (κ3) is 4.17. The maximum atomic E-state index is 11.1. The molecule has 1 aromatic rings. The number of hydrogen-bond donors (Lipinski definition) is 2. The van der Waals surface area contributed by atoms with Crippen LogP contribution in [0, 0.1) is 11.8 Å². The smallest absolute Gasteiger partial charge is 0.217 e. The Morgan fingerprint density at radius 3 is 2.47 bits per heavy atom. The molecule has 17 heavy (non-hydrogen) atoms. The van der Waals surface area contributed by atoms with Crippen molar-refractivity contribution in [2.75, 3.05) is 0 Å². The minimum absolute atomic E-state index is 0.0566. The van der Waals surface area contributed by atoms with Crippen molar-refractivity contribution in [3.8, 4) is 0 Å². The molecule has 0 saturated carbocycles. The molecule has 0 saturated heterocycles. The predicted octanol–water partition coefficient (Wildman–Crippen LogP) is 1.84. The molecule has 5 heteroatoms. The fourth-order valence-electron chi connectivity index (χ4n) is 1.68. The summed E-state index contributed by atoms with van der Waals surface area (Å²) in [6, 6.07) is -0.121. The largest absolute Gasteiger partial charge is 0.346 e. The topological polar surface area (TPSA) is 70.7 Å². The van der Waals surface area contributed by atoms with Crippen LogP contribution in [0.15, 0.2) is 0 Å². The number of nitrogens with zero attached hydrogens (tertiary/aromatic N) is 2. The number of H-pyrrole nitrogens is 1. The zero-order valence-electron chi connectivity index (χ0n) is 11.2. The van der Waals surface area contributed by atoms with Crippen molar-refractivity contribution in [2.24, 2.45) is 11.8 Å². The summed E-state index contributed by atoms with van der Waals surface area (Å²) < 4.78 is 0. The average molecular weight is 238 g/mol. The van der Waals surface area contributed by atoms with Gasteiger partial charge < -0.3 is 5.32 Å². The molecule has 1 unspecified atom stereocenters. The summed E-state index contributed by atoms with van der Waals surface area (Å²) in [5, 5.41) is 10.0. The predicted molar refractivity (Wildman–Crippen MR) is 66.3 cm³/mol. The minimum atomic E-state index is -0.121. The summed E-state index contributed by atoms with van der Waals surface area (Å²) in [6.45, 7) is 9.86. The van der Waals surface area contributed by atoms with Crippen LogP contribution >= 0.6 is 0 Å². The number of hydrogen-bond acceptors (Lipinski definition) is 3. The van der Waals surface area contributed by atoms with Gasteiger partial charge in [-0.05, 0) is 11.8 Å². The average Bonchev–Trinajstić information content (AvgIpc) is 2.60. The van der Waals surface area contributed by atoms with E-state index in [1.807, 2.05) is 13.8 Å². The van der Waals surface area contributed by atoms with Crippen LogP contribution in [-0.4, -0.2) is 21.1 Å². The van der Waals surface area contributed by atoms with Crippen LogP contribution in [-0.2, 0) is 11.2 Å². The van der Waals surface area contributed by atoms with Gasteiger partial charge in [-0.15, -0.1) is 0 Å². The van der Waals surface area contributed by atoms with E-state index in [0.29, 0.717) is 11.7 Å². The molecule has 96 valence electrons. The van der Waals surface area contributed by atoms with E-state index in [1.54, 1.807) is 0 Å². The molecule has 1 aromatic heterocycles. The molecular formula is C12H22N4O. The second-order valence-electron chi connectivity index (χ2n) is 5.16. The summed E-state index contributed by atoms with van der Waals surface area (Å²) in [5.74, 6) is 2.30. The zero-order chi connectivity index (χ0) is 13.0. The molecule has 0 aliphatic heterocycles. The Kier molecular flexibility index (Phi) is 4.66. The molecular weight excluding hydrogens is 216 g/mol. The lowest BCUT2D eigenvalue weighted by molar-refractivity contribution is -0.120. The van der Waals surface area contributed by atoms with Crippen LogP contribution in [0.4, 0.5) is 0 Å². The van der Waals surface area contributed by atoms with Gasteiger partial charge in [-0.25, -0.2) is 4.98 Å². The third-order valence-electron chi connectivity index (χ3n) is 2.45. The number of rotatable bonds is 5. The first-order chi connectivity index (χ1) is 7.90. The molecule has 0 bridgehead atoms. The molecule has 0 radical (unpaired) electrons. The Balaban J connectivity index is 2.80. The highest BCUT2D eigenvalue weighted by Gasteiger charge is 2.21. The molecule has 0 aromatic carbocycles. The van der Waals surface area contributed by atoms with Crippen molar-refractivity contribution in [3.63, 3.8) is 0 Å². The fourth-order valence-corrected chi connectivity index (χ4v) is 1.68. The highest BCUT2D eigenvalue weighted by Crippen LogP contribution is 2.18. The Hall–Kier alpha value is -1.39. The van der Waals surface area contributed by atoms with Crippen LogP contribution in [0.1, 0.15) is 52.3 Å². The van der Waals surface area contributed by atoms with E-state index in [1.165, 1.54) is 6.92 Å². The van der Waals surface area contributed by atoms with Crippen LogP contribution < -0.4 is 5.32 Å². The first-order valence-electron chi connectivity index (χ1n) is 6.08. The second-order valence-corrected chi connectivity index (χ2v) is 5.16. The molecule has 5 nitrogen and oxygen atoms in total. The maximum absolute atomic E-state index is 11.1. The first kappa shape index (κ1) is 13.7. The lowest BCUT2D eigenvalue weighted by Gasteiger charge is -2.18. The molecule has 0 aliphatic rings. The van der Waals surface area contributed by atoms with E-state index in [-0.39, 0.29) is 17.9 Å². The molecule has 2 N–H and O–H groups in total. The van der Waals surface area contributed by atoms with E-state index in [2.05, 4.69) is 34.3 Å². The van der Waals surface area contributed by atoms with Crippen LogP contribution in [0.25, 0.3) is 0 Å². The summed E-state index contributed by atoms with van der Waals surface area (Å²) in [4.78, 5) is 15.6. The van der Waals surface area contributed by atoms with E-state index in [0.717, 1.165) is 12.2 Å². The Bertz CT molecular complexity index is 370. The highest BCUT2D eigenvalue weighted by molar-refractivity contribution is 5.73. The van der Waals surface area contributed by atoms with Gasteiger partial charge in [-0.2, -0.15) is 5.10 Å². The molecule has 0 aliphatic carbocycles. The third-order valence-corrected chi connectivity index (χ3v) is 2.45.